The highest BCUT2D eigenvalue weighted by molar-refractivity contribution is 7.90. The third-order valence-electron chi connectivity index (χ3n) is 5.06. The zero-order valence-corrected chi connectivity index (χ0v) is 17.7. The van der Waals surface area contributed by atoms with Crippen LogP contribution in [0.25, 0.3) is 10.9 Å². The Hall–Kier alpha value is -3.45. The number of carbonyl (C=O) groups excluding carboxylic acids is 1. The van der Waals surface area contributed by atoms with Gasteiger partial charge >= 0.3 is 0 Å². The van der Waals surface area contributed by atoms with Gasteiger partial charge in [-0.1, -0.05) is 54.6 Å². The van der Waals surface area contributed by atoms with Crippen molar-refractivity contribution in [1.29, 1.82) is 0 Å². The Morgan fingerprint density at radius 2 is 1.71 bits per heavy atom. The van der Waals surface area contributed by atoms with Gasteiger partial charge in [-0.05, 0) is 36.2 Å². The van der Waals surface area contributed by atoms with Gasteiger partial charge in [0, 0.05) is 22.8 Å². The molecule has 4 rings (SSSR count). The lowest BCUT2D eigenvalue weighted by Crippen LogP contribution is -2.18. The van der Waals surface area contributed by atoms with Crippen molar-refractivity contribution < 1.29 is 17.6 Å². The number of anilines is 1. The number of nitrogens with zero attached hydrogens (tertiary/aromatic N) is 1. The van der Waals surface area contributed by atoms with E-state index in [9.17, 15) is 17.6 Å². The van der Waals surface area contributed by atoms with Crippen LogP contribution in [0.2, 0.25) is 0 Å². The summed E-state index contributed by atoms with van der Waals surface area (Å²) in [6, 6.07) is 20.5. The van der Waals surface area contributed by atoms with Gasteiger partial charge in [0.15, 0.2) is 9.84 Å². The van der Waals surface area contributed by atoms with E-state index in [0.29, 0.717) is 27.7 Å². The second-order valence-electron chi connectivity index (χ2n) is 7.40. The zero-order valence-electron chi connectivity index (χ0n) is 16.9. The SMILES string of the molecule is Cc1ccc(NC(=O)Cn2cc(S(=O)(=O)Cc3ccccc3)c3ccccc32)cc1F. The van der Waals surface area contributed by atoms with Gasteiger partial charge in [-0.3, -0.25) is 4.79 Å². The maximum absolute atomic E-state index is 13.8. The summed E-state index contributed by atoms with van der Waals surface area (Å²) in [5.74, 6) is -0.911. The molecule has 0 saturated heterocycles. The smallest absolute Gasteiger partial charge is 0.244 e. The predicted octanol–water partition coefficient (Wildman–Crippen LogP) is 4.70. The maximum atomic E-state index is 13.8. The molecule has 1 aromatic heterocycles. The Labute approximate surface area is 180 Å². The highest BCUT2D eigenvalue weighted by Crippen LogP contribution is 2.28. The zero-order chi connectivity index (χ0) is 22.0. The van der Waals surface area contributed by atoms with Crippen LogP contribution in [0.4, 0.5) is 10.1 Å². The van der Waals surface area contributed by atoms with E-state index in [2.05, 4.69) is 5.32 Å². The molecule has 31 heavy (non-hydrogen) atoms. The molecule has 0 aliphatic carbocycles. The average molecular weight is 437 g/mol. The van der Waals surface area contributed by atoms with Crippen LogP contribution in [0.1, 0.15) is 11.1 Å². The highest BCUT2D eigenvalue weighted by Gasteiger charge is 2.22. The number of benzene rings is 3. The Kier molecular flexibility index (Phi) is 5.61. The highest BCUT2D eigenvalue weighted by atomic mass is 32.2. The van der Waals surface area contributed by atoms with Crippen LogP contribution in [-0.2, 0) is 26.9 Å². The van der Waals surface area contributed by atoms with E-state index < -0.39 is 15.7 Å². The normalized spacial score (nSPS) is 11.5. The van der Waals surface area contributed by atoms with Crippen LogP contribution in [0, 0.1) is 12.7 Å². The maximum Gasteiger partial charge on any atom is 0.244 e. The molecule has 0 saturated carbocycles. The van der Waals surface area contributed by atoms with E-state index >= 15 is 0 Å². The lowest BCUT2D eigenvalue weighted by Gasteiger charge is -2.08. The van der Waals surface area contributed by atoms with Gasteiger partial charge in [-0.15, -0.1) is 0 Å². The largest absolute Gasteiger partial charge is 0.337 e. The quantitative estimate of drug-likeness (QED) is 0.476. The average Bonchev–Trinajstić information content (AvgIpc) is 3.11. The monoisotopic (exact) mass is 436 g/mol. The van der Waals surface area contributed by atoms with E-state index in [1.54, 1.807) is 72.2 Å². The van der Waals surface area contributed by atoms with Crippen LogP contribution in [0.15, 0.2) is 83.9 Å². The van der Waals surface area contributed by atoms with Crippen molar-refractivity contribution in [3.63, 3.8) is 0 Å². The Bertz CT molecular complexity index is 1360. The van der Waals surface area contributed by atoms with Crippen molar-refractivity contribution in [3.8, 4) is 0 Å². The van der Waals surface area contributed by atoms with Crippen LogP contribution in [0.5, 0.6) is 0 Å². The van der Waals surface area contributed by atoms with E-state index in [4.69, 9.17) is 0 Å². The number of carbonyl (C=O) groups is 1. The molecular formula is C24H21FN2O3S. The molecule has 158 valence electrons. The summed E-state index contributed by atoms with van der Waals surface area (Å²) in [7, 11) is -3.63. The molecule has 4 aromatic rings. The molecule has 7 heteroatoms. The summed E-state index contributed by atoms with van der Waals surface area (Å²) >= 11 is 0. The number of fused-ring (bicyclic) bond motifs is 1. The van der Waals surface area contributed by atoms with E-state index in [1.165, 1.54) is 12.3 Å². The van der Waals surface area contributed by atoms with Gasteiger partial charge in [-0.2, -0.15) is 0 Å². The molecule has 0 fully saturated rings. The lowest BCUT2D eigenvalue weighted by molar-refractivity contribution is -0.116. The van der Waals surface area contributed by atoms with Crippen LogP contribution in [0.3, 0.4) is 0 Å². The summed E-state index contributed by atoms with van der Waals surface area (Å²) in [6.07, 6.45) is 1.50. The molecule has 1 heterocycles. The van der Waals surface area contributed by atoms with Crippen molar-refractivity contribution in [2.45, 2.75) is 24.1 Å². The Morgan fingerprint density at radius 3 is 2.45 bits per heavy atom. The van der Waals surface area contributed by atoms with Gasteiger partial charge in [0.1, 0.15) is 12.4 Å². The fourth-order valence-corrected chi connectivity index (χ4v) is 5.07. The Morgan fingerprint density at radius 1 is 1.00 bits per heavy atom. The molecule has 0 bridgehead atoms. The second kappa shape index (κ2) is 8.35. The molecular weight excluding hydrogens is 415 g/mol. The Balaban J connectivity index is 1.63. The second-order valence-corrected chi connectivity index (χ2v) is 9.35. The predicted molar refractivity (Wildman–Crippen MR) is 119 cm³/mol. The summed E-state index contributed by atoms with van der Waals surface area (Å²) in [4.78, 5) is 12.7. The van der Waals surface area contributed by atoms with Crippen molar-refractivity contribution in [1.82, 2.24) is 4.57 Å². The molecule has 0 aliphatic rings. The minimum absolute atomic E-state index is 0.100. The number of hydrogen-bond acceptors (Lipinski definition) is 3. The molecule has 3 aromatic carbocycles. The first-order chi connectivity index (χ1) is 14.8. The molecule has 0 spiro atoms. The van der Waals surface area contributed by atoms with Crippen molar-refractivity contribution in [2.75, 3.05) is 5.32 Å². The fraction of sp³-hybridized carbons (Fsp3) is 0.125. The number of sulfone groups is 1. The molecule has 5 nitrogen and oxygen atoms in total. The molecule has 1 amide bonds. The minimum Gasteiger partial charge on any atom is -0.337 e. The van der Waals surface area contributed by atoms with E-state index in [1.807, 2.05) is 6.07 Å². The summed E-state index contributed by atoms with van der Waals surface area (Å²) in [6.45, 7) is 1.54. The molecule has 0 unspecified atom stereocenters. The summed E-state index contributed by atoms with van der Waals surface area (Å²) < 4.78 is 41.6. The third kappa shape index (κ3) is 4.51. The van der Waals surface area contributed by atoms with E-state index in [-0.39, 0.29) is 23.1 Å². The number of halogens is 1. The standard InChI is InChI=1S/C24H21FN2O3S/c1-17-11-12-19(13-21(17)25)26-24(28)15-27-14-23(20-9-5-6-10-22(20)27)31(29,30)16-18-7-3-2-4-8-18/h2-14H,15-16H2,1H3,(H,26,28). The minimum atomic E-state index is -3.63. The molecule has 0 radical (unpaired) electrons. The first-order valence-electron chi connectivity index (χ1n) is 9.74. The van der Waals surface area contributed by atoms with Gasteiger partial charge in [-0.25, -0.2) is 12.8 Å². The topological polar surface area (TPSA) is 68.2 Å². The van der Waals surface area contributed by atoms with Crippen LogP contribution < -0.4 is 5.32 Å². The lowest BCUT2D eigenvalue weighted by atomic mass is 10.2. The van der Waals surface area contributed by atoms with Crippen LogP contribution >= 0.6 is 0 Å². The number of amides is 1. The first kappa shape index (κ1) is 20.8. The number of nitrogens with one attached hydrogen (secondary N) is 1. The first-order valence-corrected chi connectivity index (χ1v) is 11.4. The molecule has 0 aliphatic heterocycles. The van der Waals surface area contributed by atoms with Crippen LogP contribution in [-0.4, -0.2) is 18.9 Å². The van der Waals surface area contributed by atoms with Gasteiger partial charge in [0.2, 0.25) is 5.91 Å². The van der Waals surface area contributed by atoms with Crippen molar-refractivity contribution in [3.05, 3.63) is 95.9 Å². The molecule has 0 atom stereocenters. The third-order valence-corrected chi connectivity index (χ3v) is 6.76. The van der Waals surface area contributed by atoms with Gasteiger partial charge in [0.25, 0.3) is 0 Å². The fourth-order valence-electron chi connectivity index (χ4n) is 3.49. The summed E-state index contributed by atoms with van der Waals surface area (Å²) in [5, 5.41) is 3.22. The number of para-hydroxylation sites is 1. The van der Waals surface area contributed by atoms with Gasteiger partial charge in [0.05, 0.1) is 10.6 Å². The van der Waals surface area contributed by atoms with Gasteiger partial charge < -0.3 is 9.88 Å². The van der Waals surface area contributed by atoms with Crippen molar-refractivity contribution >= 4 is 32.3 Å². The number of aromatic nitrogens is 1. The number of rotatable bonds is 6. The number of hydrogen-bond donors (Lipinski definition) is 1. The summed E-state index contributed by atoms with van der Waals surface area (Å²) in [5.41, 5.74) is 2.17. The van der Waals surface area contributed by atoms with E-state index in [0.717, 1.165) is 0 Å². The van der Waals surface area contributed by atoms with Crippen molar-refractivity contribution in [2.24, 2.45) is 0 Å². The number of aryl methyl sites for hydroxylation is 1. The molecule has 1 N–H and O–H groups in total.